The highest BCUT2D eigenvalue weighted by molar-refractivity contribution is 5.77. The maximum atomic E-state index is 11.7. The van der Waals surface area contributed by atoms with Gasteiger partial charge in [0, 0.05) is 6.54 Å². The number of aliphatic hydroxyl groups excluding tert-OH is 1. The fraction of sp³-hybridized carbons (Fsp3) is 0.889. The highest BCUT2D eigenvalue weighted by Crippen LogP contribution is 2.33. The molecule has 2 amide bonds. The average molecular weight is 199 g/mol. The first-order valence-electron chi connectivity index (χ1n) is 5.17. The predicted octanol–water partition coefficient (Wildman–Crippen LogP) is -0.100. The molecule has 0 aromatic heterocycles. The van der Waals surface area contributed by atoms with Crippen molar-refractivity contribution in [2.24, 2.45) is 5.84 Å². The molecular formula is C9H17N3O2. The third-order valence-electron chi connectivity index (χ3n) is 3.16. The minimum atomic E-state index is -0.302. The van der Waals surface area contributed by atoms with Crippen LogP contribution in [0.4, 0.5) is 4.79 Å². The molecule has 5 heteroatoms. The van der Waals surface area contributed by atoms with Crippen LogP contribution in [0.2, 0.25) is 0 Å². The Balaban J connectivity index is 2.14. The fourth-order valence-electron chi connectivity index (χ4n) is 2.54. The SMILES string of the molecule is CCCN1C(=O)N(N)C2CC(O)CC21. The second-order valence-corrected chi connectivity index (χ2v) is 4.14. The van der Waals surface area contributed by atoms with Crippen molar-refractivity contribution in [1.29, 1.82) is 0 Å². The van der Waals surface area contributed by atoms with Gasteiger partial charge in [-0.05, 0) is 19.3 Å². The highest BCUT2D eigenvalue weighted by Gasteiger charge is 2.49. The van der Waals surface area contributed by atoms with Gasteiger partial charge < -0.3 is 10.0 Å². The Morgan fingerprint density at radius 1 is 1.50 bits per heavy atom. The lowest BCUT2D eigenvalue weighted by Gasteiger charge is -2.21. The lowest BCUT2D eigenvalue weighted by Crippen LogP contribution is -2.41. The van der Waals surface area contributed by atoms with Gasteiger partial charge in [0.1, 0.15) is 0 Å². The van der Waals surface area contributed by atoms with Crippen LogP contribution in [0, 0.1) is 0 Å². The Morgan fingerprint density at radius 3 is 2.79 bits per heavy atom. The van der Waals surface area contributed by atoms with Crippen LogP contribution in [-0.2, 0) is 0 Å². The summed E-state index contributed by atoms with van der Waals surface area (Å²) in [6, 6.07) is 0.0558. The van der Waals surface area contributed by atoms with Crippen LogP contribution in [0.15, 0.2) is 0 Å². The summed E-state index contributed by atoms with van der Waals surface area (Å²) in [6.07, 6.45) is 1.92. The van der Waals surface area contributed by atoms with E-state index in [1.807, 2.05) is 6.92 Å². The van der Waals surface area contributed by atoms with Gasteiger partial charge in [-0.15, -0.1) is 0 Å². The molecule has 1 saturated carbocycles. The topological polar surface area (TPSA) is 69.8 Å². The molecule has 2 rings (SSSR count). The normalized spacial score (nSPS) is 36.8. The van der Waals surface area contributed by atoms with Gasteiger partial charge in [-0.25, -0.2) is 10.6 Å². The van der Waals surface area contributed by atoms with Crippen molar-refractivity contribution in [1.82, 2.24) is 9.91 Å². The second kappa shape index (κ2) is 3.40. The number of urea groups is 1. The van der Waals surface area contributed by atoms with Crippen LogP contribution < -0.4 is 5.84 Å². The zero-order chi connectivity index (χ0) is 10.3. The summed E-state index contributed by atoms with van der Waals surface area (Å²) in [5.41, 5.74) is 0. The standard InChI is InChI=1S/C9H17N3O2/c1-2-3-11-7-4-6(13)5-8(7)12(10)9(11)14/h6-8,13H,2-5,10H2,1H3. The molecular weight excluding hydrogens is 182 g/mol. The van der Waals surface area contributed by atoms with Crippen LogP contribution in [0.25, 0.3) is 0 Å². The summed E-state index contributed by atoms with van der Waals surface area (Å²) in [5.74, 6) is 5.68. The second-order valence-electron chi connectivity index (χ2n) is 4.14. The first-order valence-corrected chi connectivity index (χ1v) is 5.17. The quantitative estimate of drug-likeness (QED) is 0.482. The van der Waals surface area contributed by atoms with Crippen LogP contribution in [0.1, 0.15) is 26.2 Å². The maximum absolute atomic E-state index is 11.7. The number of nitrogens with zero attached hydrogens (tertiary/aromatic N) is 2. The summed E-state index contributed by atoms with van der Waals surface area (Å²) in [4.78, 5) is 13.5. The van der Waals surface area contributed by atoms with Crippen molar-refractivity contribution < 1.29 is 9.90 Å². The summed E-state index contributed by atoms with van der Waals surface area (Å²) in [7, 11) is 0. The van der Waals surface area contributed by atoms with E-state index in [1.165, 1.54) is 5.01 Å². The molecule has 2 fully saturated rings. The molecule has 0 spiro atoms. The van der Waals surface area contributed by atoms with Crippen molar-refractivity contribution in [2.75, 3.05) is 6.54 Å². The molecule has 2 aliphatic rings. The van der Waals surface area contributed by atoms with Gasteiger partial charge in [0.05, 0.1) is 18.2 Å². The minimum absolute atomic E-state index is 0.0176. The number of fused-ring (bicyclic) bond motifs is 1. The van der Waals surface area contributed by atoms with Gasteiger partial charge in [-0.1, -0.05) is 6.92 Å². The third kappa shape index (κ3) is 1.27. The summed E-state index contributed by atoms with van der Waals surface area (Å²) >= 11 is 0. The van der Waals surface area contributed by atoms with Crippen molar-refractivity contribution >= 4 is 6.03 Å². The van der Waals surface area contributed by atoms with E-state index in [-0.39, 0.29) is 24.2 Å². The van der Waals surface area contributed by atoms with E-state index in [9.17, 15) is 9.90 Å². The molecule has 1 aliphatic heterocycles. The van der Waals surface area contributed by atoms with Gasteiger partial charge in [0.25, 0.3) is 0 Å². The molecule has 3 atom stereocenters. The van der Waals surface area contributed by atoms with E-state index in [4.69, 9.17) is 5.84 Å². The molecule has 80 valence electrons. The number of amides is 2. The van der Waals surface area contributed by atoms with Gasteiger partial charge in [-0.3, -0.25) is 5.01 Å². The van der Waals surface area contributed by atoms with Crippen molar-refractivity contribution in [3.8, 4) is 0 Å². The number of hydrogen-bond donors (Lipinski definition) is 2. The van der Waals surface area contributed by atoms with E-state index in [2.05, 4.69) is 0 Å². The van der Waals surface area contributed by atoms with Gasteiger partial charge in [0.2, 0.25) is 0 Å². The molecule has 5 nitrogen and oxygen atoms in total. The van der Waals surface area contributed by atoms with E-state index in [0.717, 1.165) is 13.0 Å². The molecule has 0 aromatic carbocycles. The first-order chi connectivity index (χ1) is 6.65. The van der Waals surface area contributed by atoms with Gasteiger partial charge >= 0.3 is 6.03 Å². The fourth-order valence-corrected chi connectivity index (χ4v) is 2.54. The minimum Gasteiger partial charge on any atom is -0.393 e. The lowest BCUT2D eigenvalue weighted by atomic mass is 10.2. The summed E-state index contributed by atoms with van der Waals surface area (Å²) in [6.45, 7) is 2.77. The molecule has 0 aromatic rings. The third-order valence-corrected chi connectivity index (χ3v) is 3.16. The Kier molecular flexibility index (Phi) is 2.36. The maximum Gasteiger partial charge on any atom is 0.334 e. The van der Waals surface area contributed by atoms with E-state index >= 15 is 0 Å². The van der Waals surface area contributed by atoms with Crippen LogP contribution in [0.3, 0.4) is 0 Å². The number of hydrazine groups is 1. The lowest BCUT2D eigenvalue weighted by molar-refractivity contribution is 0.141. The van der Waals surface area contributed by atoms with Gasteiger partial charge in [-0.2, -0.15) is 0 Å². The monoisotopic (exact) mass is 199 g/mol. The molecule has 1 saturated heterocycles. The number of hydrogen-bond acceptors (Lipinski definition) is 3. The Bertz CT molecular complexity index is 246. The number of nitrogens with two attached hydrogens (primary N) is 1. The molecule has 3 unspecified atom stereocenters. The number of carbonyl (C=O) groups excluding carboxylic acids is 1. The molecule has 1 aliphatic carbocycles. The molecule has 14 heavy (non-hydrogen) atoms. The van der Waals surface area contributed by atoms with E-state index < -0.39 is 0 Å². The number of carbonyl (C=O) groups is 1. The summed E-state index contributed by atoms with van der Waals surface area (Å²) < 4.78 is 0. The molecule has 0 bridgehead atoms. The Hall–Kier alpha value is -0.810. The van der Waals surface area contributed by atoms with Crippen molar-refractivity contribution in [3.63, 3.8) is 0 Å². The van der Waals surface area contributed by atoms with E-state index in [1.54, 1.807) is 4.90 Å². The molecule has 0 radical (unpaired) electrons. The number of aliphatic hydroxyl groups is 1. The largest absolute Gasteiger partial charge is 0.393 e. The molecule has 1 heterocycles. The predicted molar refractivity (Wildman–Crippen MR) is 51.2 cm³/mol. The smallest absolute Gasteiger partial charge is 0.334 e. The first kappa shape index (κ1) is 9.73. The number of rotatable bonds is 2. The van der Waals surface area contributed by atoms with Crippen molar-refractivity contribution in [2.45, 2.75) is 44.4 Å². The van der Waals surface area contributed by atoms with Gasteiger partial charge in [0.15, 0.2) is 0 Å². The Labute approximate surface area is 83.4 Å². The zero-order valence-corrected chi connectivity index (χ0v) is 8.39. The van der Waals surface area contributed by atoms with Crippen LogP contribution in [0.5, 0.6) is 0 Å². The van der Waals surface area contributed by atoms with Crippen molar-refractivity contribution in [3.05, 3.63) is 0 Å². The summed E-state index contributed by atoms with van der Waals surface area (Å²) in [5, 5.41) is 10.8. The highest BCUT2D eigenvalue weighted by atomic mass is 16.3. The van der Waals surface area contributed by atoms with E-state index in [0.29, 0.717) is 12.8 Å². The average Bonchev–Trinajstić information content (AvgIpc) is 2.61. The Morgan fingerprint density at radius 2 is 2.14 bits per heavy atom. The van der Waals surface area contributed by atoms with Crippen LogP contribution in [-0.4, -0.2) is 45.8 Å². The van der Waals surface area contributed by atoms with Crippen LogP contribution >= 0.6 is 0 Å². The molecule has 3 N–H and O–H groups in total. The zero-order valence-electron chi connectivity index (χ0n) is 8.39.